The molecule has 2 aromatic heterocycles. The summed E-state index contributed by atoms with van der Waals surface area (Å²) >= 11 is 1.71. The molecule has 1 N–H and O–H groups in total. The van der Waals surface area contributed by atoms with E-state index < -0.39 is 0 Å². The van der Waals surface area contributed by atoms with Gasteiger partial charge in [-0.15, -0.1) is 11.3 Å². The zero-order chi connectivity index (χ0) is 13.1. The van der Waals surface area contributed by atoms with Crippen LogP contribution in [0.3, 0.4) is 0 Å². The summed E-state index contributed by atoms with van der Waals surface area (Å²) in [6.07, 6.45) is 5.36. The van der Waals surface area contributed by atoms with Crippen molar-refractivity contribution >= 4 is 22.4 Å². The molecule has 0 amide bonds. The van der Waals surface area contributed by atoms with Gasteiger partial charge < -0.3 is 5.32 Å². The van der Waals surface area contributed by atoms with Gasteiger partial charge in [-0.2, -0.15) is 0 Å². The lowest BCUT2D eigenvalue weighted by atomic mass is 10.2. The van der Waals surface area contributed by atoms with Crippen LogP contribution in [-0.4, -0.2) is 21.5 Å². The van der Waals surface area contributed by atoms with Crippen molar-refractivity contribution in [1.29, 1.82) is 0 Å². The van der Waals surface area contributed by atoms with E-state index in [4.69, 9.17) is 0 Å². The van der Waals surface area contributed by atoms with E-state index in [0.717, 1.165) is 34.7 Å². The van der Waals surface area contributed by atoms with Crippen molar-refractivity contribution in [3.05, 3.63) is 41.7 Å². The Morgan fingerprint density at radius 3 is 2.79 bits per heavy atom. The summed E-state index contributed by atoms with van der Waals surface area (Å²) in [4.78, 5) is 14.3. The molecule has 0 unspecified atom stereocenters. The number of thiazole rings is 1. The summed E-state index contributed by atoms with van der Waals surface area (Å²) in [6, 6.07) is 6.08. The van der Waals surface area contributed by atoms with Gasteiger partial charge in [-0.25, -0.2) is 4.98 Å². The lowest BCUT2D eigenvalue weighted by Gasteiger charge is -1.99. The van der Waals surface area contributed by atoms with Gasteiger partial charge in [-0.05, 0) is 24.7 Å². The lowest BCUT2D eigenvalue weighted by Crippen LogP contribution is -2.10. The second kappa shape index (κ2) is 5.42. The van der Waals surface area contributed by atoms with Gasteiger partial charge in [0, 0.05) is 35.6 Å². The number of nitrogens with zero attached hydrogens (tertiary/aromatic N) is 3. The van der Waals surface area contributed by atoms with E-state index in [-0.39, 0.29) is 0 Å². The molecule has 0 saturated carbocycles. The average Bonchev–Trinajstić information content (AvgIpc) is 2.93. The Labute approximate surface area is 115 Å². The minimum absolute atomic E-state index is 0.877. The van der Waals surface area contributed by atoms with Gasteiger partial charge in [0.25, 0.3) is 0 Å². The summed E-state index contributed by atoms with van der Waals surface area (Å²) < 4.78 is 0. The van der Waals surface area contributed by atoms with Crippen molar-refractivity contribution in [2.24, 2.45) is 0 Å². The predicted molar refractivity (Wildman–Crippen MR) is 78.0 cm³/mol. The van der Waals surface area contributed by atoms with E-state index in [1.807, 2.05) is 24.4 Å². The van der Waals surface area contributed by atoms with Crippen LogP contribution in [0.4, 0.5) is 0 Å². The molecule has 0 radical (unpaired) electrons. The number of hydrogen-bond acceptors (Lipinski definition) is 5. The topological polar surface area (TPSA) is 50.7 Å². The second-order valence-electron chi connectivity index (χ2n) is 4.17. The molecular weight excluding hydrogens is 256 g/mol. The molecule has 0 aliphatic heterocycles. The number of benzene rings is 1. The normalized spacial score (nSPS) is 11.0. The van der Waals surface area contributed by atoms with Crippen LogP contribution in [-0.2, 0) is 6.54 Å². The highest BCUT2D eigenvalue weighted by atomic mass is 32.1. The highest BCUT2D eigenvalue weighted by Crippen LogP contribution is 2.26. The molecule has 0 spiro atoms. The largest absolute Gasteiger partial charge is 0.312 e. The Bertz CT molecular complexity index is 692. The Kier molecular flexibility index (Phi) is 3.48. The Hall–Kier alpha value is -1.85. The first-order valence-corrected chi connectivity index (χ1v) is 7.05. The van der Waals surface area contributed by atoms with Crippen molar-refractivity contribution in [2.45, 2.75) is 13.5 Å². The number of aromatic nitrogens is 3. The second-order valence-corrected chi connectivity index (χ2v) is 5.29. The maximum absolute atomic E-state index is 4.48. The Morgan fingerprint density at radius 2 is 1.95 bits per heavy atom. The van der Waals surface area contributed by atoms with Crippen LogP contribution in [0.25, 0.3) is 21.6 Å². The minimum atomic E-state index is 0.877. The first-order valence-electron chi connectivity index (χ1n) is 6.23. The highest BCUT2D eigenvalue weighted by molar-refractivity contribution is 7.15. The van der Waals surface area contributed by atoms with Crippen molar-refractivity contribution in [3.63, 3.8) is 0 Å². The van der Waals surface area contributed by atoms with Gasteiger partial charge in [-0.3, -0.25) is 9.97 Å². The van der Waals surface area contributed by atoms with E-state index in [9.17, 15) is 0 Å². The van der Waals surface area contributed by atoms with Crippen LogP contribution in [0.15, 0.2) is 36.8 Å². The molecule has 0 aliphatic carbocycles. The van der Waals surface area contributed by atoms with Gasteiger partial charge in [0.2, 0.25) is 0 Å². The molecule has 5 heteroatoms. The zero-order valence-electron chi connectivity index (χ0n) is 10.6. The summed E-state index contributed by atoms with van der Waals surface area (Å²) in [5.41, 5.74) is 2.92. The molecule has 0 saturated heterocycles. The predicted octanol–water partition coefficient (Wildman–Crippen LogP) is 2.86. The molecule has 2 heterocycles. The van der Waals surface area contributed by atoms with Gasteiger partial charge in [0.05, 0.1) is 11.0 Å². The molecule has 0 atom stereocenters. The summed E-state index contributed by atoms with van der Waals surface area (Å²) in [6.45, 7) is 3.95. The molecule has 0 aliphatic rings. The SMILES string of the molecule is CCNCc1cnc(-c2ccc3nccnc3c2)s1. The van der Waals surface area contributed by atoms with E-state index >= 15 is 0 Å². The van der Waals surface area contributed by atoms with Crippen LogP contribution in [0.5, 0.6) is 0 Å². The number of fused-ring (bicyclic) bond motifs is 1. The maximum Gasteiger partial charge on any atom is 0.123 e. The van der Waals surface area contributed by atoms with Crippen molar-refractivity contribution in [3.8, 4) is 10.6 Å². The average molecular weight is 270 g/mol. The summed E-state index contributed by atoms with van der Waals surface area (Å²) in [5, 5.41) is 4.34. The van der Waals surface area contributed by atoms with Crippen LogP contribution < -0.4 is 5.32 Å². The fourth-order valence-corrected chi connectivity index (χ4v) is 2.75. The molecule has 19 heavy (non-hydrogen) atoms. The van der Waals surface area contributed by atoms with Gasteiger partial charge in [-0.1, -0.05) is 6.92 Å². The van der Waals surface area contributed by atoms with Crippen LogP contribution >= 0.6 is 11.3 Å². The van der Waals surface area contributed by atoms with E-state index in [2.05, 4.69) is 27.2 Å². The van der Waals surface area contributed by atoms with Crippen LogP contribution in [0, 0.1) is 0 Å². The summed E-state index contributed by atoms with van der Waals surface area (Å²) in [7, 11) is 0. The monoisotopic (exact) mass is 270 g/mol. The molecule has 4 nitrogen and oxygen atoms in total. The van der Waals surface area contributed by atoms with Crippen LogP contribution in [0.1, 0.15) is 11.8 Å². The first-order chi connectivity index (χ1) is 9.36. The number of rotatable bonds is 4. The minimum Gasteiger partial charge on any atom is -0.312 e. The molecule has 3 aromatic rings. The molecular formula is C14H14N4S. The molecule has 96 valence electrons. The van der Waals surface area contributed by atoms with Crippen molar-refractivity contribution in [2.75, 3.05) is 6.54 Å². The smallest absolute Gasteiger partial charge is 0.123 e. The Balaban J connectivity index is 1.92. The fourth-order valence-electron chi connectivity index (χ4n) is 1.87. The van der Waals surface area contributed by atoms with E-state index in [0.29, 0.717) is 0 Å². The first kappa shape index (κ1) is 12.2. The molecule has 0 bridgehead atoms. The zero-order valence-corrected chi connectivity index (χ0v) is 11.4. The van der Waals surface area contributed by atoms with Gasteiger partial charge in [0.1, 0.15) is 5.01 Å². The van der Waals surface area contributed by atoms with E-state index in [1.54, 1.807) is 23.7 Å². The lowest BCUT2D eigenvalue weighted by molar-refractivity contribution is 0.734. The third-order valence-corrected chi connectivity index (χ3v) is 3.87. The quantitative estimate of drug-likeness (QED) is 0.792. The number of nitrogens with one attached hydrogen (secondary N) is 1. The van der Waals surface area contributed by atoms with E-state index in [1.165, 1.54) is 4.88 Å². The Morgan fingerprint density at radius 1 is 1.11 bits per heavy atom. The third kappa shape index (κ3) is 2.62. The maximum atomic E-state index is 4.48. The molecule has 3 rings (SSSR count). The van der Waals surface area contributed by atoms with Gasteiger partial charge >= 0.3 is 0 Å². The number of hydrogen-bond donors (Lipinski definition) is 1. The van der Waals surface area contributed by atoms with Crippen molar-refractivity contribution in [1.82, 2.24) is 20.3 Å². The molecule has 0 fully saturated rings. The third-order valence-electron chi connectivity index (χ3n) is 2.82. The van der Waals surface area contributed by atoms with Gasteiger partial charge in [0.15, 0.2) is 0 Å². The standard InChI is InChI=1S/C14H14N4S/c1-2-15-8-11-9-18-14(19-11)10-3-4-12-13(7-10)17-6-5-16-12/h3-7,9,15H,2,8H2,1H3. The highest BCUT2D eigenvalue weighted by Gasteiger charge is 2.06. The van der Waals surface area contributed by atoms with Crippen LogP contribution in [0.2, 0.25) is 0 Å². The van der Waals surface area contributed by atoms with Crippen molar-refractivity contribution < 1.29 is 0 Å². The fraction of sp³-hybridized carbons (Fsp3) is 0.214. The summed E-state index contributed by atoms with van der Waals surface area (Å²) in [5.74, 6) is 0. The molecule has 1 aromatic carbocycles.